The number of carbonyl (C=O) groups is 1. The molecule has 1 heterocycles. The van der Waals surface area contributed by atoms with Gasteiger partial charge in [-0.3, -0.25) is 4.79 Å². The third-order valence-electron chi connectivity index (χ3n) is 5.77. The zero-order valence-electron chi connectivity index (χ0n) is 17.7. The molecule has 0 spiro atoms. The second-order valence-corrected chi connectivity index (χ2v) is 10.1. The highest BCUT2D eigenvalue weighted by molar-refractivity contribution is 7.89. The van der Waals surface area contributed by atoms with E-state index >= 15 is 0 Å². The zero-order valence-corrected chi connectivity index (χ0v) is 19.3. The minimum absolute atomic E-state index is 0. The number of halogens is 1. The molecule has 0 bridgehead atoms. The van der Waals surface area contributed by atoms with Crippen LogP contribution in [0, 0.1) is 20.8 Å². The molecule has 1 saturated carbocycles. The summed E-state index contributed by atoms with van der Waals surface area (Å²) in [5.41, 5.74) is 0. The fourth-order valence-electron chi connectivity index (χ4n) is 4.13. The summed E-state index contributed by atoms with van der Waals surface area (Å²) in [6, 6.07) is 6.09. The van der Waals surface area contributed by atoms with Crippen molar-refractivity contribution in [2.75, 3.05) is 13.1 Å². The van der Waals surface area contributed by atoms with Crippen LogP contribution >= 0.6 is 11.6 Å². The molecule has 1 atom stereocenters. The van der Waals surface area contributed by atoms with Crippen LogP contribution in [0.5, 0.6) is 0 Å². The molecular weight excluding hydrogens is 420 g/mol. The second-order valence-electron chi connectivity index (χ2n) is 7.80. The topological polar surface area (TPSA) is 66.5 Å². The van der Waals surface area contributed by atoms with E-state index in [-0.39, 0.29) is 31.7 Å². The van der Waals surface area contributed by atoms with Crippen LogP contribution in [0.15, 0.2) is 29.2 Å². The van der Waals surface area contributed by atoms with E-state index in [0.717, 1.165) is 50.9 Å². The lowest BCUT2D eigenvalue weighted by Gasteiger charge is -2.35. The molecule has 1 aliphatic carbocycles. The summed E-state index contributed by atoms with van der Waals surface area (Å²) in [6.07, 6.45) is 10.1. The number of hydrogen-bond acceptors (Lipinski definition) is 3. The molecule has 1 amide bonds. The monoisotopic (exact) mass is 453 g/mol. The van der Waals surface area contributed by atoms with Crippen molar-refractivity contribution in [1.82, 2.24) is 9.62 Å². The van der Waals surface area contributed by atoms with Crippen LogP contribution in [0.25, 0.3) is 0 Å². The molecule has 1 saturated heterocycles. The number of piperidine rings is 1. The standard InChI is InChI=1S/C21H30ClN2O3S.2CH2/c22-18-11-13-20(14-12-18)28(26,27)24-15-7-6-10-19(24)16-23-21(25)17-8-4-2-1-3-5-9-17;;/h11-14,19H,1-10,15-16H2,(H,23,25);2*1H2. The summed E-state index contributed by atoms with van der Waals surface area (Å²) >= 11 is 5.90. The van der Waals surface area contributed by atoms with E-state index in [4.69, 9.17) is 11.6 Å². The first kappa shape index (κ1) is 26.9. The van der Waals surface area contributed by atoms with Crippen molar-refractivity contribution in [3.05, 3.63) is 50.1 Å². The Morgan fingerprint density at radius 2 is 1.57 bits per heavy atom. The molecule has 1 unspecified atom stereocenters. The third kappa shape index (κ3) is 6.96. The number of nitrogens with one attached hydrogen (secondary N) is 1. The molecule has 5 radical (unpaired) electrons. The normalized spacial score (nSPS) is 21.4. The number of sulfonamides is 1. The molecule has 5 nitrogen and oxygen atoms in total. The summed E-state index contributed by atoms with van der Waals surface area (Å²) in [5, 5.41) is 3.54. The van der Waals surface area contributed by atoms with Crippen molar-refractivity contribution in [2.24, 2.45) is 0 Å². The predicted octanol–water partition coefficient (Wildman–Crippen LogP) is 4.97. The quantitative estimate of drug-likeness (QED) is 0.684. The molecule has 2 fully saturated rings. The molecule has 0 aromatic heterocycles. The van der Waals surface area contributed by atoms with Gasteiger partial charge in [0, 0.05) is 24.2 Å². The van der Waals surface area contributed by atoms with E-state index in [9.17, 15) is 13.2 Å². The lowest BCUT2D eigenvalue weighted by atomic mass is 9.90. The van der Waals surface area contributed by atoms with Gasteiger partial charge < -0.3 is 5.32 Å². The maximum atomic E-state index is 13.1. The lowest BCUT2D eigenvalue weighted by molar-refractivity contribution is -0.120. The Bertz CT molecular complexity index is 744. The molecule has 1 aromatic rings. The average Bonchev–Trinajstić information content (AvgIpc) is 2.66. The van der Waals surface area contributed by atoms with Crippen LogP contribution < -0.4 is 5.32 Å². The van der Waals surface area contributed by atoms with Crippen LogP contribution in [-0.2, 0) is 14.8 Å². The zero-order chi connectivity index (χ0) is 20.0. The molecule has 167 valence electrons. The summed E-state index contributed by atoms with van der Waals surface area (Å²) in [5.74, 6) is 0.985. The Kier molecular flexibility index (Phi) is 11.4. The Hall–Kier alpha value is -1.11. The molecular formula is C23H34ClN2O3S. The summed E-state index contributed by atoms with van der Waals surface area (Å²) in [6.45, 7) is 0.858. The number of hydrogen-bond donors (Lipinski definition) is 1. The minimum atomic E-state index is -3.59. The van der Waals surface area contributed by atoms with Gasteiger partial charge in [-0.2, -0.15) is 4.31 Å². The molecule has 30 heavy (non-hydrogen) atoms. The van der Waals surface area contributed by atoms with Crippen molar-refractivity contribution in [2.45, 2.75) is 75.1 Å². The van der Waals surface area contributed by atoms with Crippen molar-refractivity contribution < 1.29 is 13.2 Å². The van der Waals surface area contributed by atoms with E-state index in [0.29, 0.717) is 18.1 Å². The van der Waals surface area contributed by atoms with E-state index in [1.165, 1.54) is 19.3 Å². The number of benzene rings is 1. The number of nitrogens with zero attached hydrogens (tertiary/aromatic N) is 1. The smallest absolute Gasteiger partial charge is 0.243 e. The molecule has 1 aromatic carbocycles. The first-order valence-electron chi connectivity index (χ1n) is 10.4. The van der Waals surface area contributed by atoms with Gasteiger partial charge >= 0.3 is 0 Å². The van der Waals surface area contributed by atoms with Crippen molar-refractivity contribution in [3.63, 3.8) is 0 Å². The van der Waals surface area contributed by atoms with Gasteiger partial charge in [0.1, 0.15) is 0 Å². The number of carbonyl (C=O) groups excluding carboxylic acids is 1. The molecule has 7 heteroatoms. The van der Waals surface area contributed by atoms with Crippen molar-refractivity contribution in [1.29, 1.82) is 0 Å². The maximum Gasteiger partial charge on any atom is 0.243 e. The van der Waals surface area contributed by atoms with Gasteiger partial charge in [0.15, 0.2) is 0 Å². The van der Waals surface area contributed by atoms with Crippen LogP contribution in [0.3, 0.4) is 0 Å². The van der Waals surface area contributed by atoms with Gasteiger partial charge in [0.2, 0.25) is 15.9 Å². The summed E-state index contributed by atoms with van der Waals surface area (Å²) in [7, 11) is -3.59. The van der Waals surface area contributed by atoms with E-state index in [2.05, 4.69) is 5.32 Å². The Morgan fingerprint density at radius 3 is 2.20 bits per heavy atom. The molecule has 1 aliphatic heterocycles. The van der Waals surface area contributed by atoms with Gasteiger partial charge in [0.25, 0.3) is 0 Å². The number of rotatable bonds is 5. The largest absolute Gasteiger partial charge is 0.354 e. The SMILES string of the molecule is O=C(NCC1CCCCN1S(=O)(=O)c1ccc(Cl)cc1)[C]1CCCCCCC1.[CH2].[CH2]. The highest BCUT2D eigenvalue weighted by atomic mass is 35.5. The first-order chi connectivity index (χ1) is 13.5. The van der Waals surface area contributed by atoms with Gasteiger partial charge in [-0.25, -0.2) is 8.42 Å². The van der Waals surface area contributed by atoms with E-state index < -0.39 is 10.0 Å². The second kappa shape index (κ2) is 12.7. The molecule has 3 rings (SSSR count). The molecule has 2 aliphatic rings. The minimum Gasteiger partial charge on any atom is -0.354 e. The highest BCUT2D eigenvalue weighted by Crippen LogP contribution is 2.27. The van der Waals surface area contributed by atoms with Crippen LogP contribution in [0.4, 0.5) is 0 Å². The predicted molar refractivity (Wildman–Crippen MR) is 122 cm³/mol. The van der Waals surface area contributed by atoms with E-state index in [1.807, 2.05) is 0 Å². The van der Waals surface area contributed by atoms with Gasteiger partial charge in [-0.05, 0) is 49.9 Å². The van der Waals surface area contributed by atoms with E-state index in [1.54, 1.807) is 28.6 Å². The lowest BCUT2D eigenvalue weighted by Crippen LogP contribution is -2.49. The van der Waals surface area contributed by atoms with Crippen molar-refractivity contribution in [3.8, 4) is 0 Å². The van der Waals surface area contributed by atoms with Crippen LogP contribution in [0.2, 0.25) is 5.02 Å². The number of amides is 1. The van der Waals surface area contributed by atoms with Crippen LogP contribution in [0.1, 0.15) is 64.2 Å². The maximum absolute atomic E-state index is 13.1. The first-order valence-corrected chi connectivity index (χ1v) is 12.2. The molecule has 1 N–H and O–H groups in total. The van der Waals surface area contributed by atoms with Crippen molar-refractivity contribution >= 4 is 27.5 Å². The Morgan fingerprint density at radius 1 is 0.967 bits per heavy atom. The van der Waals surface area contributed by atoms with Gasteiger partial charge in [-0.15, -0.1) is 0 Å². The summed E-state index contributed by atoms with van der Waals surface area (Å²) < 4.78 is 27.8. The fourth-order valence-corrected chi connectivity index (χ4v) is 5.95. The Balaban J connectivity index is 0.00000225. The van der Waals surface area contributed by atoms with Gasteiger partial charge in [0.05, 0.1) is 10.8 Å². The van der Waals surface area contributed by atoms with Crippen LogP contribution in [-0.4, -0.2) is 37.8 Å². The third-order valence-corrected chi connectivity index (χ3v) is 7.99. The summed E-state index contributed by atoms with van der Waals surface area (Å²) in [4.78, 5) is 12.9. The Labute approximate surface area is 188 Å². The fraction of sp³-hybridized carbons (Fsp3) is 0.565. The van der Waals surface area contributed by atoms with Gasteiger partial charge in [-0.1, -0.05) is 65.0 Å². The highest BCUT2D eigenvalue weighted by Gasteiger charge is 2.34. The average molecular weight is 454 g/mol.